The van der Waals surface area contributed by atoms with Crippen molar-refractivity contribution in [3.05, 3.63) is 0 Å². The molecule has 1 fully saturated rings. The van der Waals surface area contributed by atoms with Crippen LogP contribution in [0.3, 0.4) is 0 Å². The molecule has 0 atom stereocenters. The minimum Gasteiger partial charge on any atom is -0.466 e. The summed E-state index contributed by atoms with van der Waals surface area (Å²) in [7, 11) is 0. The van der Waals surface area contributed by atoms with E-state index in [9.17, 15) is 9.59 Å². The van der Waals surface area contributed by atoms with E-state index in [-0.39, 0.29) is 11.9 Å². The molecule has 1 rings (SSSR count). The summed E-state index contributed by atoms with van der Waals surface area (Å²) in [6.07, 6.45) is 12.1. The van der Waals surface area contributed by atoms with E-state index in [2.05, 4.69) is 0 Å². The molecule has 1 saturated carbocycles. The summed E-state index contributed by atoms with van der Waals surface area (Å²) >= 11 is 0. The molecule has 0 aromatic heterocycles. The fourth-order valence-corrected chi connectivity index (χ4v) is 2.90. The lowest BCUT2D eigenvalue weighted by Crippen LogP contribution is -2.18. The zero-order valence-corrected chi connectivity index (χ0v) is 13.0. The van der Waals surface area contributed by atoms with Crippen molar-refractivity contribution in [1.29, 1.82) is 0 Å². The van der Waals surface area contributed by atoms with Crippen LogP contribution in [0.2, 0.25) is 0 Å². The minimum atomic E-state index is -0.00484. The Morgan fingerprint density at radius 1 is 0.950 bits per heavy atom. The minimum absolute atomic E-state index is 0.00484. The Morgan fingerprint density at radius 2 is 1.45 bits per heavy atom. The smallest absolute Gasteiger partial charge is 0.308 e. The van der Waals surface area contributed by atoms with Gasteiger partial charge in [-0.1, -0.05) is 38.5 Å². The number of carbonyl (C=O) groups is 2. The molecular formula is C17H30O3. The van der Waals surface area contributed by atoms with Gasteiger partial charge in [0.15, 0.2) is 0 Å². The van der Waals surface area contributed by atoms with Gasteiger partial charge in [0.1, 0.15) is 5.78 Å². The van der Waals surface area contributed by atoms with Gasteiger partial charge in [-0.15, -0.1) is 0 Å². The normalized spacial score (nSPS) is 21.1. The van der Waals surface area contributed by atoms with E-state index in [1.165, 1.54) is 0 Å². The van der Waals surface area contributed by atoms with Crippen LogP contribution in [0.4, 0.5) is 0 Å². The van der Waals surface area contributed by atoms with Gasteiger partial charge < -0.3 is 4.74 Å². The third kappa shape index (κ3) is 7.66. The van der Waals surface area contributed by atoms with Gasteiger partial charge in [-0.05, 0) is 32.6 Å². The molecule has 0 bridgehead atoms. The van der Waals surface area contributed by atoms with Crippen LogP contribution < -0.4 is 0 Å². The van der Waals surface area contributed by atoms with Gasteiger partial charge in [0.05, 0.1) is 12.5 Å². The van der Waals surface area contributed by atoms with Crippen molar-refractivity contribution in [2.75, 3.05) is 6.61 Å². The monoisotopic (exact) mass is 282 g/mol. The molecule has 20 heavy (non-hydrogen) atoms. The van der Waals surface area contributed by atoms with Crippen LogP contribution in [0.25, 0.3) is 0 Å². The van der Waals surface area contributed by atoms with Gasteiger partial charge in [-0.2, -0.15) is 0 Å². The largest absolute Gasteiger partial charge is 0.466 e. The maximum atomic E-state index is 11.9. The summed E-state index contributed by atoms with van der Waals surface area (Å²) in [5.74, 6) is 0.528. The standard InChI is InChI=1S/C17H30O3/c1-2-20-17(19)15-11-7-3-5-9-13-16(18)14-10-6-4-8-12-15/h15H,2-14H2,1H3. The predicted molar refractivity (Wildman–Crippen MR) is 80.5 cm³/mol. The van der Waals surface area contributed by atoms with Gasteiger partial charge in [-0.25, -0.2) is 0 Å². The predicted octanol–water partition coefficient (Wildman–Crippen LogP) is 4.43. The van der Waals surface area contributed by atoms with Crippen molar-refractivity contribution in [3.8, 4) is 0 Å². The molecule has 0 aromatic carbocycles. The second-order valence-corrected chi connectivity index (χ2v) is 5.89. The fraction of sp³-hybridized carbons (Fsp3) is 0.882. The molecule has 0 aliphatic heterocycles. The molecule has 3 heteroatoms. The Morgan fingerprint density at radius 3 is 1.95 bits per heavy atom. The number of hydrogen-bond acceptors (Lipinski definition) is 3. The Bertz CT molecular complexity index is 268. The first-order chi connectivity index (χ1) is 9.74. The summed E-state index contributed by atoms with van der Waals surface area (Å²) in [5.41, 5.74) is 0. The summed E-state index contributed by atoms with van der Waals surface area (Å²) in [4.78, 5) is 23.5. The molecule has 1 aliphatic rings. The number of Topliss-reactive ketones (excluding diaryl/α,β-unsaturated/α-hetero) is 1. The van der Waals surface area contributed by atoms with E-state index >= 15 is 0 Å². The molecule has 3 nitrogen and oxygen atoms in total. The SMILES string of the molecule is CCOC(=O)C1CCCCCCC(=O)CCCCCC1. The molecule has 0 spiro atoms. The summed E-state index contributed by atoms with van der Waals surface area (Å²) in [6, 6.07) is 0. The number of ketones is 1. The average molecular weight is 282 g/mol. The molecule has 0 amide bonds. The van der Waals surface area contributed by atoms with E-state index in [4.69, 9.17) is 4.74 Å². The topological polar surface area (TPSA) is 43.4 Å². The molecule has 116 valence electrons. The zero-order chi connectivity index (χ0) is 14.6. The highest BCUT2D eigenvalue weighted by molar-refractivity contribution is 5.78. The van der Waals surface area contributed by atoms with Crippen LogP contribution in [0, 0.1) is 5.92 Å². The molecule has 1 aliphatic carbocycles. The molecule has 0 radical (unpaired) electrons. The van der Waals surface area contributed by atoms with Crippen LogP contribution in [0.5, 0.6) is 0 Å². The Labute approximate surface area is 123 Å². The first-order valence-electron chi connectivity index (χ1n) is 8.42. The third-order valence-electron chi connectivity index (χ3n) is 4.14. The van der Waals surface area contributed by atoms with Crippen LogP contribution >= 0.6 is 0 Å². The van der Waals surface area contributed by atoms with Crippen LogP contribution in [0.1, 0.15) is 84.0 Å². The number of esters is 1. The summed E-state index contributed by atoms with van der Waals surface area (Å²) in [5, 5.41) is 0. The average Bonchev–Trinajstić information content (AvgIpc) is 2.43. The van der Waals surface area contributed by atoms with E-state index in [1.807, 2.05) is 6.92 Å². The molecule has 0 unspecified atom stereocenters. The van der Waals surface area contributed by atoms with Gasteiger partial charge in [0.25, 0.3) is 0 Å². The van der Waals surface area contributed by atoms with Crippen molar-refractivity contribution in [2.24, 2.45) is 5.92 Å². The molecule has 0 saturated heterocycles. The van der Waals surface area contributed by atoms with Gasteiger partial charge in [0, 0.05) is 12.8 Å². The summed E-state index contributed by atoms with van der Waals surface area (Å²) in [6.45, 7) is 2.36. The van der Waals surface area contributed by atoms with Crippen LogP contribution in [-0.4, -0.2) is 18.4 Å². The van der Waals surface area contributed by atoms with Crippen molar-refractivity contribution in [2.45, 2.75) is 84.0 Å². The zero-order valence-electron chi connectivity index (χ0n) is 13.0. The van der Waals surface area contributed by atoms with Crippen LogP contribution in [0.15, 0.2) is 0 Å². The molecule has 0 aromatic rings. The quantitative estimate of drug-likeness (QED) is 0.704. The third-order valence-corrected chi connectivity index (χ3v) is 4.14. The lowest BCUT2D eigenvalue weighted by atomic mass is 9.93. The van der Waals surface area contributed by atoms with E-state index in [0.29, 0.717) is 12.4 Å². The van der Waals surface area contributed by atoms with Gasteiger partial charge in [-0.3, -0.25) is 9.59 Å². The highest BCUT2D eigenvalue weighted by Crippen LogP contribution is 2.21. The lowest BCUT2D eigenvalue weighted by molar-refractivity contribution is -0.148. The number of hydrogen-bond donors (Lipinski definition) is 0. The van der Waals surface area contributed by atoms with Crippen molar-refractivity contribution in [3.63, 3.8) is 0 Å². The number of ether oxygens (including phenoxy) is 1. The first-order valence-corrected chi connectivity index (χ1v) is 8.42. The van der Waals surface area contributed by atoms with Gasteiger partial charge in [0.2, 0.25) is 0 Å². The fourth-order valence-electron chi connectivity index (χ4n) is 2.90. The van der Waals surface area contributed by atoms with Crippen molar-refractivity contribution in [1.82, 2.24) is 0 Å². The van der Waals surface area contributed by atoms with Crippen molar-refractivity contribution < 1.29 is 14.3 Å². The second-order valence-electron chi connectivity index (χ2n) is 5.89. The second kappa shape index (κ2) is 10.9. The van der Waals surface area contributed by atoms with Crippen molar-refractivity contribution >= 4 is 11.8 Å². The van der Waals surface area contributed by atoms with E-state index in [0.717, 1.165) is 77.0 Å². The number of carbonyl (C=O) groups excluding carboxylic acids is 2. The molecule has 0 heterocycles. The summed E-state index contributed by atoms with van der Waals surface area (Å²) < 4.78 is 5.18. The highest BCUT2D eigenvalue weighted by Gasteiger charge is 2.19. The lowest BCUT2D eigenvalue weighted by Gasteiger charge is -2.15. The number of rotatable bonds is 2. The Balaban J connectivity index is 2.39. The van der Waals surface area contributed by atoms with Gasteiger partial charge >= 0.3 is 5.97 Å². The molecular weight excluding hydrogens is 252 g/mol. The maximum Gasteiger partial charge on any atom is 0.308 e. The van der Waals surface area contributed by atoms with Crippen LogP contribution in [-0.2, 0) is 14.3 Å². The van der Waals surface area contributed by atoms with E-state index in [1.54, 1.807) is 0 Å². The first kappa shape index (κ1) is 17.2. The van der Waals surface area contributed by atoms with E-state index < -0.39 is 0 Å². The molecule has 0 N–H and O–H groups in total. The maximum absolute atomic E-state index is 11.9. The Hall–Kier alpha value is -0.860. The highest BCUT2D eigenvalue weighted by atomic mass is 16.5. The Kier molecular flexibility index (Phi) is 9.35.